The normalized spacial score (nSPS) is 11.1. The number of methoxy groups -OCH3 is 1. The van der Waals surface area contributed by atoms with Gasteiger partial charge in [-0.25, -0.2) is 4.79 Å². The van der Waals surface area contributed by atoms with E-state index in [9.17, 15) is 14.7 Å². The SMILES string of the molecule is COc1ccc(C(=O)Nc2c(C(=O)O)n(Cc3cccc(Cl)c3)c3cc(-c4cccc5ccccc45)ccc23)cc1. The number of benzene rings is 5. The van der Waals surface area contributed by atoms with Gasteiger partial charge in [-0.15, -0.1) is 0 Å². The van der Waals surface area contributed by atoms with Crippen LogP contribution in [-0.4, -0.2) is 28.7 Å². The molecule has 202 valence electrons. The summed E-state index contributed by atoms with van der Waals surface area (Å²) in [4.78, 5) is 26.1. The van der Waals surface area contributed by atoms with Crippen molar-refractivity contribution in [2.24, 2.45) is 0 Å². The summed E-state index contributed by atoms with van der Waals surface area (Å²) in [7, 11) is 1.55. The number of fused-ring (bicyclic) bond motifs is 2. The maximum atomic E-state index is 13.3. The lowest BCUT2D eigenvalue weighted by molar-refractivity contribution is 0.0687. The van der Waals surface area contributed by atoms with Gasteiger partial charge in [0.25, 0.3) is 5.91 Å². The number of carboxylic acid groups (broad SMARTS) is 1. The second-order valence-electron chi connectivity index (χ2n) is 9.69. The summed E-state index contributed by atoms with van der Waals surface area (Å²) < 4.78 is 6.92. The largest absolute Gasteiger partial charge is 0.497 e. The third-order valence-electron chi connectivity index (χ3n) is 7.19. The highest BCUT2D eigenvalue weighted by Gasteiger charge is 2.25. The van der Waals surface area contributed by atoms with Gasteiger partial charge in [0.05, 0.1) is 18.3 Å². The number of nitrogens with one attached hydrogen (secondary N) is 1. The van der Waals surface area contributed by atoms with Gasteiger partial charge in [0, 0.05) is 22.5 Å². The van der Waals surface area contributed by atoms with Crippen LogP contribution in [0.2, 0.25) is 5.02 Å². The van der Waals surface area contributed by atoms with Crippen LogP contribution in [0, 0.1) is 0 Å². The maximum Gasteiger partial charge on any atom is 0.354 e. The number of carboxylic acids is 1. The van der Waals surface area contributed by atoms with Crippen molar-refractivity contribution in [3.63, 3.8) is 0 Å². The molecule has 1 aromatic heterocycles. The first-order valence-electron chi connectivity index (χ1n) is 13.0. The predicted molar refractivity (Wildman–Crippen MR) is 163 cm³/mol. The number of amides is 1. The van der Waals surface area contributed by atoms with Crippen LogP contribution >= 0.6 is 11.6 Å². The van der Waals surface area contributed by atoms with Crippen molar-refractivity contribution in [3.8, 4) is 16.9 Å². The van der Waals surface area contributed by atoms with Crippen molar-refractivity contribution in [2.45, 2.75) is 6.54 Å². The molecule has 0 radical (unpaired) electrons. The van der Waals surface area contributed by atoms with Crippen LogP contribution in [0.4, 0.5) is 5.69 Å². The lowest BCUT2D eigenvalue weighted by atomic mass is 9.97. The van der Waals surface area contributed by atoms with Crippen LogP contribution in [0.5, 0.6) is 5.75 Å². The van der Waals surface area contributed by atoms with E-state index in [1.165, 1.54) is 0 Å². The summed E-state index contributed by atoms with van der Waals surface area (Å²) in [5.41, 5.74) is 4.07. The Bertz CT molecular complexity index is 1940. The van der Waals surface area contributed by atoms with Crippen molar-refractivity contribution >= 4 is 50.8 Å². The van der Waals surface area contributed by atoms with Crippen molar-refractivity contribution in [2.75, 3.05) is 12.4 Å². The zero-order chi connectivity index (χ0) is 28.5. The molecule has 1 heterocycles. The molecule has 5 aromatic carbocycles. The summed E-state index contributed by atoms with van der Waals surface area (Å²) in [6, 6.07) is 34.0. The van der Waals surface area contributed by atoms with Gasteiger partial charge in [-0.2, -0.15) is 0 Å². The van der Waals surface area contributed by atoms with Crippen molar-refractivity contribution < 1.29 is 19.4 Å². The van der Waals surface area contributed by atoms with Gasteiger partial charge in [0.1, 0.15) is 5.75 Å². The molecule has 7 heteroatoms. The predicted octanol–water partition coefficient (Wildman–Crippen LogP) is 8.12. The number of aromatic carboxylic acids is 1. The van der Waals surface area contributed by atoms with Gasteiger partial charge in [0.2, 0.25) is 0 Å². The molecule has 0 saturated heterocycles. The quantitative estimate of drug-likeness (QED) is 0.206. The summed E-state index contributed by atoms with van der Waals surface area (Å²) in [6.45, 7) is 0.246. The standard InChI is InChI=1S/C34H25ClN2O4/c1-41-26-15-12-23(13-16-26)33(38)36-31-29-17-14-24(28-11-5-8-22-7-2-3-10-27(22)28)19-30(29)37(32(31)34(39)40)20-21-6-4-9-25(35)18-21/h2-19H,20H2,1H3,(H,36,38)(H,39,40). The van der Waals surface area contributed by atoms with Crippen molar-refractivity contribution in [1.82, 2.24) is 4.57 Å². The fourth-order valence-corrected chi connectivity index (χ4v) is 5.47. The molecule has 0 fully saturated rings. The fourth-order valence-electron chi connectivity index (χ4n) is 5.25. The molecule has 0 unspecified atom stereocenters. The topological polar surface area (TPSA) is 80.6 Å². The van der Waals surface area contributed by atoms with Crippen LogP contribution in [0.15, 0.2) is 109 Å². The average Bonchev–Trinajstić information content (AvgIpc) is 3.29. The third-order valence-corrected chi connectivity index (χ3v) is 7.42. The molecule has 0 aliphatic heterocycles. The zero-order valence-corrected chi connectivity index (χ0v) is 22.9. The van der Waals surface area contributed by atoms with E-state index in [4.69, 9.17) is 16.3 Å². The summed E-state index contributed by atoms with van der Waals surface area (Å²) in [5, 5.41) is 16.7. The molecule has 0 bridgehead atoms. The Morgan fingerprint density at radius 2 is 1.61 bits per heavy atom. The third kappa shape index (κ3) is 5.01. The van der Waals surface area contributed by atoms with E-state index in [0.717, 1.165) is 27.5 Å². The molecule has 0 aliphatic rings. The smallest absolute Gasteiger partial charge is 0.354 e. The van der Waals surface area contributed by atoms with Gasteiger partial charge in [-0.3, -0.25) is 4.79 Å². The minimum absolute atomic E-state index is 0.0168. The van der Waals surface area contributed by atoms with Crippen LogP contribution in [0.1, 0.15) is 26.4 Å². The van der Waals surface area contributed by atoms with Crippen LogP contribution in [0.3, 0.4) is 0 Å². The minimum Gasteiger partial charge on any atom is -0.497 e. The maximum absolute atomic E-state index is 13.3. The van der Waals surface area contributed by atoms with E-state index in [1.807, 2.05) is 54.6 Å². The van der Waals surface area contributed by atoms with E-state index in [-0.39, 0.29) is 17.9 Å². The number of anilines is 1. The number of rotatable bonds is 7. The molecular weight excluding hydrogens is 536 g/mol. The summed E-state index contributed by atoms with van der Waals surface area (Å²) in [6.07, 6.45) is 0. The Balaban J connectivity index is 1.54. The second kappa shape index (κ2) is 10.8. The van der Waals surface area contributed by atoms with E-state index < -0.39 is 11.9 Å². The molecule has 41 heavy (non-hydrogen) atoms. The molecule has 1 amide bonds. The average molecular weight is 561 g/mol. The molecule has 0 atom stereocenters. The van der Waals surface area contributed by atoms with E-state index in [0.29, 0.717) is 27.2 Å². The van der Waals surface area contributed by atoms with E-state index >= 15 is 0 Å². The molecule has 6 rings (SSSR count). The number of carbonyl (C=O) groups is 2. The number of aromatic nitrogens is 1. The van der Waals surface area contributed by atoms with Gasteiger partial charge in [-0.05, 0) is 69.9 Å². The van der Waals surface area contributed by atoms with Gasteiger partial charge < -0.3 is 19.7 Å². The highest BCUT2D eigenvalue weighted by Crippen LogP contribution is 2.37. The van der Waals surface area contributed by atoms with Gasteiger partial charge >= 0.3 is 5.97 Å². The molecule has 0 saturated carbocycles. The van der Waals surface area contributed by atoms with Gasteiger partial charge in [-0.1, -0.05) is 78.3 Å². The van der Waals surface area contributed by atoms with Gasteiger partial charge in [0.15, 0.2) is 5.69 Å². The number of hydrogen-bond donors (Lipinski definition) is 2. The summed E-state index contributed by atoms with van der Waals surface area (Å²) >= 11 is 6.26. The number of nitrogens with zero attached hydrogens (tertiary/aromatic N) is 1. The lowest BCUT2D eigenvalue weighted by Gasteiger charge is -2.11. The monoisotopic (exact) mass is 560 g/mol. The van der Waals surface area contributed by atoms with Crippen molar-refractivity contribution in [1.29, 1.82) is 0 Å². The van der Waals surface area contributed by atoms with E-state index in [1.54, 1.807) is 42.0 Å². The first kappa shape index (κ1) is 26.2. The van der Waals surface area contributed by atoms with Crippen LogP contribution in [0.25, 0.3) is 32.8 Å². The number of ether oxygens (including phenoxy) is 1. The highest BCUT2D eigenvalue weighted by atomic mass is 35.5. The Hall–Kier alpha value is -5.07. The number of hydrogen-bond acceptors (Lipinski definition) is 3. The summed E-state index contributed by atoms with van der Waals surface area (Å²) in [5.74, 6) is -0.957. The van der Waals surface area contributed by atoms with Crippen LogP contribution < -0.4 is 10.1 Å². The zero-order valence-electron chi connectivity index (χ0n) is 22.1. The van der Waals surface area contributed by atoms with Crippen LogP contribution in [-0.2, 0) is 6.54 Å². The number of carbonyl (C=O) groups excluding carboxylic acids is 1. The molecular formula is C34H25ClN2O4. The molecule has 6 nitrogen and oxygen atoms in total. The molecule has 2 N–H and O–H groups in total. The highest BCUT2D eigenvalue weighted by molar-refractivity contribution is 6.30. The van der Waals surface area contributed by atoms with Crippen molar-refractivity contribution in [3.05, 3.63) is 131 Å². The Morgan fingerprint density at radius 3 is 2.37 bits per heavy atom. The first-order chi connectivity index (χ1) is 19.9. The molecule has 0 aliphatic carbocycles. The van der Waals surface area contributed by atoms with E-state index in [2.05, 4.69) is 29.6 Å². The fraction of sp³-hybridized carbons (Fsp3) is 0.0588. The molecule has 6 aromatic rings. The lowest BCUT2D eigenvalue weighted by Crippen LogP contribution is -2.16. The second-order valence-corrected chi connectivity index (χ2v) is 10.1. The Morgan fingerprint density at radius 1 is 0.854 bits per heavy atom. The number of halogens is 1. The Kier molecular flexibility index (Phi) is 6.91. The first-order valence-corrected chi connectivity index (χ1v) is 13.4. The Labute approximate surface area is 241 Å². The minimum atomic E-state index is -1.15. The molecule has 0 spiro atoms.